The molecule has 0 amide bonds. The van der Waals surface area contributed by atoms with Crippen LogP contribution in [-0.2, 0) is 10.0 Å². The van der Waals surface area contributed by atoms with Crippen molar-refractivity contribution >= 4 is 27.0 Å². The van der Waals surface area contributed by atoms with Gasteiger partial charge in [0.05, 0.1) is 12.3 Å². The molecule has 0 aliphatic carbocycles. The number of H-pyrrole nitrogens is 1. The average molecular weight is 328 g/mol. The molecule has 0 saturated carbocycles. The number of hydrogen-bond acceptors (Lipinski definition) is 5. The monoisotopic (exact) mass is 328 g/mol. The maximum absolute atomic E-state index is 12.4. The summed E-state index contributed by atoms with van der Waals surface area (Å²) in [4.78, 5) is 13.3. The Morgan fingerprint density at radius 2 is 2.05 bits per heavy atom. The molecule has 1 aromatic heterocycles. The summed E-state index contributed by atoms with van der Waals surface area (Å²) in [5, 5.41) is 0. The molecule has 2 rings (SSSR count). The number of nitrogens with one attached hydrogen (secondary N) is 2. The molecule has 6 nitrogen and oxygen atoms in total. The molecule has 0 aliphatic rings. The highest BCUT2D eigenvalue weighted by atomic mass is 32.2. The van der Waals surface area contributed by atoms with Crippen molar-refractivity contribution in [2.45, 2.75) is 25.0 Å². The Labute approximate surface area is 126 Å². The van der Waals surface area contributed by atoms with Crippen molar-refractivity contribution in [3.8, 4) is 5.75 Å². The molecule has 0 unspecified atom stereocenters. The lowest BCUT2D eigenvalue weighted by Gasteiger charge is -2.13. The zero-order chi connectivity index (χ0) is 15.6. The van der Waals surface area contributed by atoms with E-state index < -0.39 is 14.9 Å². The van der Waals surface area contributed by atoms with Gasteiger partial charge >= 0.3 is 4.87 Å². The van der Waals surface area contributed by atoms with E-state index in [4.69, 9.17) is 4.74 Å². The van der Waals surface area contributed by atoms with Gasteiger partial charge in [-0.1, -0.05) is 17.4 Å². The van der Waals surface area contributed by atoms with E-state index in [0.29, 0.717) is 35.1 Å². The van der Waals surface area contributed by atoms with Gasteiger partial charge in [0.25, 0.3) is 10.0 Å². The number of aromatic amines is 1. The van der Waals surface area contributed by atoms with Crippen LogP contribution in [0.5, 0.6) is 5.75 Å². The van der Waals surface area contributed by atoms with Crippen LogP contribution in [0.3, 0.4) is 0 Å². The molecule has 0 saturated heterocycles. The lowest BCUT2D eigenvalue weighted by Crippen LogP contribution is -2.13. The van der Waals surface area contributed by atoms with Crippen LogP contribution in [0.25, 0.3) is 0 Å². The fourth-order valence-electron chi connectivity index (χ4n) is 1.83. The van der Waals surface area contributed by atoms with E-state index in [1.165, 1.54) is 0 Å². The number of thiazole rings is 1. The summed E-state index contributed by atoms with van der Waals surface area (Å²) in [6.45, 7) is 5.69. The van der Waals surface area contributed by atoms with Crippen molar-refractivity contribution in [1.82, 2.24) is 4.98 Å². The maximum atomic E-state index is 12.4. The Balaban J connectivity index is 2.41. The first-order chi connectivity index (χ1) is 9.83. The first kappa shape index (κ1) is 15.6. The SMILES string of the molecule is CCOc1cc(C)ccc1NS(=O)(=O)c1sc(=O)[nH]c1C. The number of hydrogen-bond donors (Lipinski definition) is 2. The van der Waals surface area contributed by atoms with E-state index in [1.54, 1.807) is 25.1 Å². The molecule has 0 aliphatic heterocycles. The van der Waals surface area contributed by atoms with E-state index in [-0.39, 0.29) is 4.21 Å². The van der Waals surface area contributed by atoms with Crippen LogP contribution in [-0.4, -0.2) is 20.0 Å². The Bertz CT molecular complexity index is 806. The van der Waals surface area contributed by atoms with Gasteiger partial charge < -0.3 is 9.72 Å². The van der Waals surface area contributed by atoms with Gasteiger partial charge in [-0.2, -0.15) is 0 Å². The van der Waals surface area contributed by atoms with Crippen LogP contribution in [0.4, 0.5) is 5.69 Å². The minimum absolute atomic E-state index is 0.0180. The van der Waals surface area contributed by atoms with Crippen LogP contribution < -0.4 is 14.3 Å². The van der Waals surface area contributed by atoms with Gasteiger partial charge in [-0.05, 0) is 38.5 Å². The zero-order valence-electron chi connectivity index (χ0n) is 11.9. The molecule has 0 atom stereocenters. The number of aryl methyl sites for hydroxylation is 2. The molecule has 0 fully saturated rings. The molecule has 1 aromatic carbocycles. The van der Waals surface area contributed by atoms with Gasteiger partial charge in [-0.25, -0.2) is 8.42 Å². The maximum Gasteiger partial charge on any atom is 0.306 e. The van der Waals surface area contributed by atoms with E-state index in [2.05, 4.69) is 9.71 Å². The molecule has 0 radical (unpaired) electrons. The van der Waals surface area contributed by atoms with E-state index in [9.17, 15) is 13.2 Å². The largest absolute Gasteiger partial charge is 0.492 e. The zero-order valence-corrected chi connectivity index (χ0v) is 13.5. The number of sulfonamides is 1. The second-order valence-corrected chi connectivity index (χ2v) is 7.33. The molecule has 2 aromatic rings. The summed E-state index contributed by atoms with van der Waals surface area (Å²) >= 11 is 0.661. The Hall–Kier alpha value is -1.80. The van der Waals surface area contributed by atoms with Crippen molar-refractivity contribution in [2.75, 3.05) is 11.3 Å². The summed E-state index contributed by atoms with van der Waals surface area (Å²) in [6.07, 6.45) is 0. The van der Waals surface area contributed by atoms with Crippen molar-refractivity contribution in [1.29, 1.82) is 0 Å². The van der Waals surface area contributed by atoms with Crippen molar-refractivity contribution in [2.24, 2.45) is 0 Å². The fourth-order valence-corrected chi connectivity index (χ4v) is 4.20. The first-order valence-corrected chi connectivity index (χ1v) is 8.59. The molecule has 0 bridgehead atoms. The highest BCUT2D eigenvalue weighted by Gasteiger charge is 2.22. The third-order valence-corrected chi connectivity index (χ3v) is 5.68. The van der Waals surface area contributed by atoms with Gasteiger partial charge in [0.2, 0.25) is 0 Å². The highest BCUT2D eigenvalue weighted by molar-refractivity contribution is 7.94. The predicted octanol–water partition coefficient (Wildman–Crippen LogP) is 2.25. The standard InChI is InChI=1S/C13H16N2O4S2/c1-4-19-11-7-8(2)5-6-10(11)15-21(17,18)12-9(3)14-13(16)20-12/h5-7,15H,4H2,1-3H3,(H,14,16). The normalized spacial score (nSPS) is 11.4. The number of anilines is 1. The average Bonchev–Trinajstić information content (AvgIpc) is 2.73. The second kappa shape index (κ2) is 5.90. The minimum Gasteiger partial charge on any atom is -0.492 e. The Morgan fingerprint density at radius 1 is 1.33 bits per heavy atom. The van der Waals surface area contributed by atoms with Gasteiger partial charge in [0.15, 0.2) is 4.21 Å². The van der Waals surface area contributed by atoms with Gasteiger partial charge in [0.1, 0.15) is 5.75 Å². The number of ether oxygens (including phenoxy) is 1. The van der Waals surface area contributed by atoms with Gasteiger partial charge in [-0.15, -0.1) is 0 Å². The minimum atomic E-state index is -3.82. The number of rotatable bonds is 5. The Kier molecular flexibility index (Phi) is 4.38. The molecular weight excluding hydrogens is 312 g/mol. The van der Waals surface area contributed by atoms with Crippen LogP contribution >= 0.6 is 11.3 Å². The van der Waals surface area contributed by atoms with Crippen LogP contribution in [0.15, 0.2) is 27.2 Å². The molecule has 114 valence electrons. The topological polar surface area (TPSA) is 88.3 Å². The molecular formula is C13H16N2O4S2. The molecule has 0 spiro atoms. The summed E-state index contributed by atoms with van der Waals surface area (Å²) in [5.74, 6) is 0.460. The summed E-state index contributed by atoms with van der Waals surface area (Å²) < 4.78 is 32.6. The third-order valence-electron chi connectivity index (χ3n) is 2.71. The predicted molar refractivity (Wildman–Crippen MR) is 82.8 cm³/mol. The summed E-state index contributed by atoms with van der Waals surface area (Å²) in [7, 11) is -3.82. The van der Waals surface area contributed by atoms with E-state index in [0.717, 1.165) is 5.56 Å². The number of aromatic nitrogens is 1. The molecule has 1 heterocycles. The van der Waals surface area contributed by atoms with Gasteiger partial charge in [0, 0.05) is 5.69 Å². The third kappa shape index (κ3) is 3.45. The quantitative estimate of drug-likeness (QED) is 0.881. The summed E-state index contributed by atoms with van der Waals surface area (Å²) in [5.41, 5.74) is 1.63. The smallest absolute Gasteiger partial charge is 0.306 e. The second-order valence-electron chi connectivity index (χ2n) is 4.47. The van der Waals surface area contributed by atoms with Crippen LogP contribution in [0, 0.1) is 13.8 Å². The van der Waals surface area contributed by atoms with Crippen molar-refractivity contribution < 1.29 is 13.2 Å². The summed E-state index contributed by atoms with van der Waals surface area (Å²) in [6, 6.07) is 5.18. The molecule has 8 heteroatoms. The first-order valence-electron chi connectivity index (χ1n) is 6.29. The van der Waals surface area contributed by atoms with Crippen LogP contribution in [0.1, 0.15) is 18.2 Å². The molecule has 21 heavy (non-hydrogen) atoms. The lowest BCUT2D eigenvalue weighted by molar-refractivity contribution is 0.342. The van der Waals surface area contributed by atoms with E-state index in [1.807, 2.05) is 13.8 Å². The highest BCUT2D eigenvalue weighted by Crippen LogP contribution is 2.29. The molecule has 2 N–H and O–H groups in total. The van der Waals surface area contributed by atoms with E-state index >= 15 is 0 Å². The number of benzene rings is 1. The van der Waals surface area contributed by atoms with Gasteiger partial charge in [-0.3, -0.25) is 9.52 Å². The fraction of sp³-hybridized carbons (Fsp3) is 0.308. The lowest BCUT2D eigenvalue weighted by atomic mass is 10.2. The van der Waals surface area contributed by atoms with Crippen molar-refractivity contribution in [3.63, 3.8) is 0 Å². The Morgan fingerprint density at radius 3 is 2.62 bits per heavy atom. The van der Waals surface area contributed by atoms with Crippen LogP contribution in [0.2, 0.25) is 0 Å². The van der Waals surface area contributed by atoms with Crippen molar-refractivity contribution in [3.05, 3.63) is 39.1 Å².